The van der Waals surface area contributed by atoms with Crippen LogP contribution in [-0.2, 0) is 0 Å². The number of nitrogens with one attached hydrogen (secondary N) is 1. The summed E-state index contributed by atoms with van der Waals surface area (Å²) in [6.45, 7) is 2.15. The van der Waals surface area contributed by atoms with E-state index in [4.69, 9.17) is 16.9 Å². The summed E-state index contributed by atoms with van der Waals surface area (Å²) in [4.78, 5) is 6.50. The largest absolute Gasteiger partial charge is 0.366 e. The van der Waals surface area contributed by atoms with E-state index in [1.165, 1.54) is 0 Å². The van der Waals surface area contributed by atoms with E-state index in [0.717, 1.165) is 25.9 Å². The van der Waals surface area contributed by atoms with Crippen LogP contribution in [0.2, 0.25) is 5.02 Å². The second-order valence-corrected chi connectivity index (χ2v) is 4.73. The third-order valence-electron chi connectivity index (χ3n) is 3.07. The van der Waals surface area contributed by atoms with Crippen molar-refractivity contribution >= 4 is 17.4 Å². The van der Waals surface area contributed by atoms with Gasteiger partial charge in [-0.05, 0) is 39.0 Å². The third-order valence-corrected chi connectivity index (χ3v) is 3.45. The van der Waals surface area contributed by atoms with E-state index in [1.807, 2.05) is 0 Å². The molecule has 1 aromatic rings. The molecule has 1 saturated heterocycles. The topological polar surface area (TPSA) is 52.0 Å². The smallest absolute Gasteiger partial charge is 0.146 e. The second-order valence-electron chi connectivity index (χ2n) is 4.35. The van der Waals surface area contributed by atoms with Crippen LogP contribution in [0.3, 0.4) is 0 Å². The van der Waals surface area contributed by atoms with Gasteiger partial charge in [0.15, 0.2) is 0 Å². The van der Waals surface area contributed by atoms with E-state index >= 15 is 0 Å². The zero-order valence-corrected chi connectivity index (χ0v) is 10.5. The number of hydrogen-bond acceptors (Lipinski definition) is 4. The van der Waals surface area contributed by atoms with Crippen molar-refractivity contribution < 1.29 is 0 Å². The highest BCUT2D eigenvalue weighted by Gasteiger charge is 2.18. The van der Waals surface area contributed by atoms with E-state index in [1.54, 1.807) is 12.3 Å². The van der Waals surface area contributed by atoms with Crippen LogP contribution in [0.25, 0.3) is 0 Å². The minimum Gasteiger partial charge on any atom is -0.366 e. The highest BCUT2D eigenvalue weighted by atomic mass is 35.5. The van der Waals surface area contributed by atoms with Crippen LogP contribution in [0.4, 0.5) is 5.82 Å². The fourth-order valence-corrected chi connectivity index (χ4v) is 2.19. The highest BCUT2D eigenvalue weighted by Crippen LogP contribution is 2.25. The average Bonchev–Trinajstić information content (AvgIpc) is 2.35. The number of rotatable bonds is 2. The molecule has 2 rings (SSSR count). The number of likely N-dealkylation sites (tertiary alicyclic amines) is 1. The van der Waals surface area contributed by atoms with Crippen LogP contribution in [0.1, 0.15) is 18.4 Å². The van der Waals surface area contributed by atoms with Crippen molar-refractivity contribution in [1.82, 2.24) is 9.88 Å². The van der Waals surface area contributed by atoms with Gasteiger partial charge < -0.3 is 10.2 Å². The molecule has 1 aliphatic rings. The van der Waals surface area contributed by atoms with E-state index in [9.17, 15) is 0 Å². The fraction of sp³-hybridized carbons (Fsp3) is 0.500. The molecule has 0 bridgehead atoms. The fourth-order valence-electron chi connectivity index (χ4n) is 1.98. The number of piperidine rings is 1. The van der Waals surface area contributed by atoms with Gasteiger partial charge in [-0.3, -0.25) is 0 Å². The summed E-state index contributed by atoms with van der Waals surface area (Å²) < 4.78 is 0. The van der Waals surface area contributed by atoms with Gasteiger partial charge in [-0.15, -0.1) is 0 Å². The third kappa shape index (κ3) is 2.87. The van der Waals surface area contributed by atoms with Crippen molar-refractivity contribution in [3.8, 4) is 6.07 Å². The Labute approximate surface area is 106 Å². The molecule has 0 aliphatic carbocycles. The monoisotopic (exact) mass is 250 g/mol. The number of nitrogens with zero attached hydrogens (tertiary/aromatic N) is 3. The van der Waals surface area contributed by atoms with E-state index < -0.39 is 0 Å². The Morgan fingerprint density at radius 1 is 1.53 bits per heavy atom. The summed E-state index contributed by atoms with van der Waals surface area (Å²) in [6, 6.07) is 4.08. The lowest BCUT2D eigenvalue weighted by molar-refractivity contribution is 0.263. The molecule has 2 heterocycles. The average molecular weight is 251 g/mol. The van der Waals surface area contributed by atoms with Crippen LogP contribution in [0.5, 0.6) is 0 Å². The molecule has 4 nitrogen and oxygen atoms in total. The van der Waals surface area contributed by atoms with Gasteiger partial charge in [0, 0.05) is 12.2 Å². The van der Waals surface area contributed by atoms with Gasteiger partial charge in [0.1, 0.15) is 16.9 Å². The maximum absolute atomic E-state index is 8.89. The summed E-state index contributed by atoms with van der Waals surface area (Å²) in [5.74, 6) is 0.625. The molecule has 0 radical (unpaired) electrons. The van der Waals surface area contributed by atoms with Crippen molar-refractivity contribution in [3.05, 3.63) is 22.8 Å². The molecule has 0 unspecified atom stereocenters. The zero-order chi connectivity index (χ0) is 12.3. The normalized spacial score (nSPS) is 17.7. The summed E-state index contributed by atoms with van der Waals surface area (Å²) in [5, 5.41) is 12.6. The van der Waals surface area contributed by atoms with Crippen LogP contribution in [0.15, 0.2) is 12.3 Å². The van der Waals surface area contributed by atoms with Gasteiger partial charge in [-0.2, -0.15) is 5.26 Å². The first kappa shape index (κ1) is 12.2. The molecular formula is C12H15ClN4. The molecule has 0 aromatic carbocycles. The number of halogens is 1. The van der Waals surface area contributed by atoms with Crippen LogP contribution >= 0.6 is 11.6 Å². The minimum absolute atomic E-state index is 0.394. The SMILES string of the molecule is CN1CCC(Nc2nccc(C#N)c2Cl)CC1. The minimum atomic E-state index is 0.394. The molecule has 17 heavy (non-hydrogen) atoms. The van der Waals surface area contributed by atoms with E-state index in [-0.39, 0.29) is 0 Å². The van der Waals surface area contributed by atoms with Gasteiger partial charge in [-0.25, -0.2) is 4.98 Å². The Morgan fingerprint density at radius 3 is 2.88 bits per heavy atom. The number of anilines is 1. The molecule has 5 heteroatoms. The molecule has 1 fully saturated rings. The van der Waals surface area contributed by atoms with Crippen LogP contribution in [0, 0.1) is 11.3 Å². The first-order chi connectivity index (χ1) is 8.20. The summed E-state index contributed by atoms with van der Waals surface area (Å²) >= 11 is 6.10. The summed E-state index contributed by atoms with van der Waals surface area (Å²) in [5.41, 5.74) is 0.470. The van der Waals surface area contributed by atoms with Crippen molar-refractivity contribution in [2.24, 2.45) is 0 Å². The van der Waals surface area contributed by atoms with Crippen LogP contribution < -0.4 is 5.32 Å². The number of pyridine rings is 1. The molecule has 0 spiro atoms. The Kier molecular flexibility index (Phi) is 3.82. The number of aromatic nitrogens is 1. The van der Waals surface area contributed by atoms with Crippen molar-refractivity contribution in [2.75, 3.05) is 25.5 Å². The van der Waals surface area contributed by atoms with E-state index in [0.29, 0.717) is 22.4 Å². The van der Waals surface area contributed by atoms with Crippen molar-refractivity contribution in [2.45, 2.75) is 18.9 Å². The highest BCUT2D eigenvalue weighted by molar-refractivity contribution is 6.34. The molecule has 0 atom stereocenters. The quantitative estimate of drug-likeness (QED) is 0.874. The lowest BCUT2D eigenvalue weighted by atomic mass is 10.1. The Morgan fingerprint density at radius 2 is 2.24 bits per heavy atom. The molecular weight excluding hydrogens is 236 g/mol. The first-order valence-corrected chi connectivity index (χ1v) is 6.08. The lowest BCUT2D eigenvalue weighted by Gasteiger charge is -2.30. The maximum atomic E-state index is 8.89. The first-order valence-electron chi connectivity index (χ1n) is 5.70. The number of nitriles is 1. The maximum Gasteiger partial charge on any atom is 0.146 e. The van der Waals surface area contributed by atoms with Gasteiger partial charge in [0.05, 0.1) is 5.56 Å². The molecule has 1 aliphatic heterocycles. The van der Waals surface area contributed by atoms with Gasteiger partial charge in [0.2, 0.25) is 0 Å². The summed E-state index contributed by atoms with van der Waals surface area (Å²) in [7, 11) is 2.12. The molecule has 90 valence electrons. The summed E-state index contributed by atoms with van der Waals surface area (Å²) in [6.07, 6.45) is 3.76. The molecule has 0 saturated carbocycles. The van der Waals surface area contributed by atoms with Crippen molar-refractivity contribution in [1.29, 1.82) is 5.26 Å². The Bertz CT molecular complexity index is 433. The molecule has 1 aromatic heterocycles. The van der Waals surface area contributed by atoms with Crippen LogP contribution in [-0.4, -0.2) is 36.1 Å². The second kappa shape index (κ2) is 5.35. The Balaban J connectivity index is 2.06. The Hall–Kier alpha value is -1.31. The zero-order valence-electron chi connectivity index (χ0n) is 9.78. The predicted octanol–water partition coefficient (Wildman–Crippen LogP) is 2.11. The van der Waals surface area contributed by atoms with Gasteiger partial charge in [-0.1, -0.05) is 11.6 Å². The van der Waals surface area contributed by atoms with E-state index in [2.05, 4.69) is 28.3 Å². The van der Waals surface area contributed by atoms with Crippen molar-refractivity contribution in [3.63, 3.8) is 0 Å². The standard InChI is InChI=1S/C12H15ClN4/c1-17-6-3-10(4-7-17)16-12-11(13)9(8-14)2-5-15-12/h2,5,10H,3-4,6-7H2,1H3,(H,15,16). The predicted molar refractivity (Wildman–Crippen MR) is 68.1 cm³/mol. The molecule has 1 N–H and O–H groups in total. The lowest BCUT2D eigenvalue weighted by Crippen LogP contribution is -2.36. The van der Waals surface area contributed by atoms with Gasteiger partial charge >= 0.3 is 0 Å². The number of hydrogen-bond donors (Lipinski definition) is 1. The molecule has 0 amide bonds. The van der Waals surface area contributed by atoms with Gasteiger partial charge in [0.25, 0.3) is 0 Å².